The predicted molar refractivity (Wildman–Crippen MR) is 55.8 cm³/mol. The lowest BCUT2D eigenvalue weighted by molar-refractivity contribution is -0.136. The van der Waals surface area contributed by atoms with Crippen molar-refractivity contribution in [3.8, 4) is 0 Å². The number of hydrogen-bond donors (Lipinski definition) is 1. The van der Waals surface area contributed by atoms with Gasteiger partial charge in [-0.05, 0) is 24.8 Å². The first kappa shape index (κ1) is 10.2. The number of carboxylic acids is 1. The molecule has 0 saturated heterocycles. The highest BCUT2D eigenvalue weighted by Crippen LogP contribution is 2.37. The Labute approximate surface area is 88.9 Å². The summed E-state index contributed by atoms with van der Waals surface area (Å²) >= 11 is 0. The Kier molecular flexibility index (Phi) is 2.75. The average molecular weight is 208 g/mol. The summed E-state index contributed by atoms with van der Waals surface area (Å²) in [5.41, 5.74) is 2.37. The minimum Gasteiger partial charge on any atom is -0.481 e. The Balaban J connectivity index is 2.12. The largest absolute Gasteiger partial charge is 0.481 e. The van der Waals surface area contributed by atoms with Crippen molar-refractivity contribution in [1.82, 2.24) is 9.78 Å². The summed E-state index contributed by atoms with van der Waals surface area (Å²) in [6, 6.07) is 0. The van der Waals surface area contributed by atoms with Crippen LogP contribution in [0, 0.1) is 0 Å². The number of carbonyl (C=O) groups is 1. The fourth-order valence-electron chi connectivity index (χ4n) is 2.13. The van der Waals surface area contributed by atoms with Crippen molar-refractivity contribution >= 4 is 5.97 Å². The van der Waals surface area contributed by atoms with E-state index in [9.17, 15) is 4.79 Å². The van der Waals surface area contributed by atoms with E-state index in [1.54, 1.807) is 0 Å². The summed E-state index contributed by atoms with van der Waals surface area (Å²) in [7, 11) is 1.94. The minimum atomic E-state index is -0.738. The third kappa shape index (κ3) is 2.03. The number of nitrogens with zero attached hydrogens (tertiary/aromatic N) is 2. The van der Waals surface area contributed by atoms with Crippen LogP contribution in [0.5, 0.6) is 0 Å². The third-order valence-corrected chi connectivity index (χ3v) is 3.16. The molecule has 0 radical (unpaired) electrons. The average Bonchev–Trinajstić information content (AvgIpc) is 2.43. The van der Waals surface area contributed by atoms with Gasteiger partial charge in [-0.25, -0.2) is 0 Å². The fraction of sp³-hybridized carbons (Fsp3) is 0.636. The molecule has 1 N–H and O–H groups in total. The van der Waals surface area contributed by atoms with Gasteiger partial charge < -0.3 is 5.11 Å². The number of hydrogen-bond acceptors (Lipinski definition) is 2. The molecule has 1 aromatic heterocycles. The number of carboxylic acid groups (broad SMARTS) is 1. The first-order chi connectivity index (χ1) is 7.18. The lowest BCUT2D eigenvalue weighted by atomic mass is 9.81. The second-order valence-corrected chi connectivity index (χ2v) is 4.20. The monoisotopic (exact) mass is 208 g/mol. The molecule has 0 spiro atoms. The molecular weight excluding hydrogens is 192 g/mol. The summed E-state index contributed by atoms with van der Waals surface area (Å²) in [6.07, 6.45) is 6.35. The van der Waals surface area contributed by atoms with Crippen LogP contribution in [0.2, 0.25) is 0 Å². The Morgan fingerprint density at radius 1 is 1.67 bits per heavy atom. The Morgan fingerprint density at radius 2 is 2.40 bits per heavy atom. The van der Waals surface area contributed by atoms with Gasteiger partial charge in [0, 0.05) is 25.1 Å². The van der Waals surface area contributed by atoms with Gasteiger partial charge in [0.15, 0.2) is 0 Å². The Morgan fingerprint density at radius 3 is 2.93 bits per heavy atom. The van der Waals surface area contributed by atoms with Crippen molar-refractivity contribution in [2.75, 3.05) is 0 Å². The van der Waals surface area contributed by atoms with E-state index in [0.717, 1.165) is 5.56 Å². The van der Waals surface area contributed by atoms with Gasteiger partial charge in [0.1, 0.15) is 0 Å². The summed E-state index contributed by atoms with van der Waals surface area (Å²) in [6.45, 7) is 0. The van der Waals surface area contributed by atoms with E-state index in [-0.39, 0.29) is 6.42 Å². The van der Waals surface area contributed by atoms with E-state index < -0.39 is 5.97 Å². The van der Waals surface area contributed by atoms with Gasteiger partial charge in [-0.1, -0.05) is 6.42 Å². The molecule has 1 saturated carbocycles. The number of rotatable bonds is 4. The minimum absolute atomic E-state index is 0.200. The van der Waals surface area contributed by atoms with Gasteiger partial charge in [0.05, 0.1) is 6.20 Å². The molecule has 1 aliphatic carbocycles. The van der Waals surface area contributed by atoms with Crippen molar-refractivity contribution in [3.05, 3.63) is 17.5 Å². The number of aromatic nitrogens is 2. The molecule has 4 nitrogen and oxygen atoms in total. The zero-order valence-corrected chi connectivity index (χ0v) is 8.94. The molecule has 0 atom stereocenters. The van der Waals surface area contributed by atoms with Crippen LogP contribution >= 0.6 is 0 Å². The lowest BCUT2D eigenvalue weighted by Crippen LogP contribution is -2.15. The van der Waals surface area contributed by atoms with E-state index >= 15 is 0 Å². The van der Waals surface area contributed by atoms with Crippen molar-refractivity contribution in [2.24, 2.45) is 7.05 Å². The SMILES string of the molecule is Cn1ncc(CCC(=O)O)c1C1CCC1. The van der Waals surface area contributed by atoms with Crippen LogP contribution in [-0.2, 0) is 18.3 Å². The molecule has 0 bridgehead atoms. The maximum absolute atomic E-state index is 10.5. The van der Waals surface area contributed by atoms with Gasteiger partial charge in [0.25, 0.3) is 0 Å². The van der Waals surface area contributed by atoms with Crippen molar-refractivity contribution < 1.29 is 9.90 Å². The zero-order valence-electron chi connectivity index (χ0n) is 8.94. The van der Waals surface area contributed by atoms with Crippen LogP contribution in [0.1, 0.15) is 42.9 Å². The second-order valence-electron chi connectivity index (χ2n) is 4.20. The molecule has 2 rings (SSSR count). The first-order valence-corrected chi connectivity index (χ1v) is 5.41. The molecule has 1 fully saturated rings. The van der Waals surface area contributed by atoms with Crippen molar-refractivity contribution in [1.29, 1.82) is 0 Å². The molecule has 4 heteroatoms. The molecule has 0 aromatic carbocycles. The fourth-order valence-corrected chi connectivity index (χ4v) is 2.13. The van der Waals surface area contributed by atoms with E-state index in [1.807, 2.05) is 17.9 Å². The smallest absolute Gasteiger partial charge is 0.303 e. The van der Waals surface area contributed by atoms with Gasteiger partial charge >= 0.3 is 5.97 Å². The van der Waals surface area contributed by atoms with E-state index in [2.05, 4.69) is 5.10 Å². The summed E-state index contributed by atoms with van der Waals surface area (Å²) in [4.78, 5) is 10.5. The lowest BCUT2D eigenvalue weighted by Gasteiger charge is -2.26. The highest BCUT2D eigenvalue weighted by molar-refractivity contribution is 5.67. The van der Waals surface area contributed by atoms with Gasteiger partial charge in [-0.15, -0.1) is 0 Å². The second kappa shape index (κ2) is 4.04. The normalized spacial score (nSPS) is 16.3. The Hall–Kier alpha value is -1.32. The van der Waals surface area contributed by atoms with E-state index in [0.29, 0.717) is 12.3 Å². The van der Waals surface area contributed by atoms with Crippen LogP contribution in [0.4, 0.5) is 0 Å². The standard InChI is InChI=1S/C11H16N2O2/c1-13-11(8-3-2-4-8)9(7-12-13)5-6-10(14)15/h7-8H,2-6H2,1H3,(H,14,15). The summed E-state index contributed by atoms with van der Waals surface area (Å²) < 4.78 is 1.90. The molecule has 1 aliphatic rings. The first-order valence-electron chi connectivity index (χ1n) is 5.41. The van der Waals surface area contributed by atoms with Crippen LogP contribution < -0.4 is 0 Å². The molecule has 1 aromatic rings. The molecular formula is C11H16N2O2. The van der Waals surface area contributed by atoms with Crippen LogP contribution in [0.15, 0.2) is 6.20 Å². The maximum atomic E-state index is 10.5. The summed E-state index contributed by atoms with van der Waals surface area (Å²) in [5, 5.41) is 12.9. The molecule has 0 unspecified atom stereocenters. The molecule has 15 heavy (non-hydrogen) atoms. The van der Waals surface area contributed by atoms with Crippen LogP contribution in [-0.4, -0.2) is 20.9 Å². The third-order valence-electron chi connectivity index (χ3n) is 3.16. The molecule has 1 heterocycles. The van der Waals surface area contributed by atoms with Crippen LogP contribution in [0.25, 0.3) is 0 Å². The maximum Gasteiger partial charge on any atom is 0.303 e. The topological polar surface area (TPSA) is 55.1 Å². The van der Waals surface area contributed by atoms with Crippen molar-refractivity contribution in [2.45, 2.75) is 38.0 Å². The Bertz CT molecular complexity index is 367. The zero-order chi connectivity index (χ0) is 10.8. The van der Waals surface area contributed by atoms with Gasteiger partial charge in [0.2, 0.25) is 0 Å². The summed E-state index contributed by atoms with van der Waals surface area (Å²) in [5.74, 6) is -0.125. The van der Waals surface area contributed by atoms with Gasteiger partial charge in [-0.3, -0.25) is 9.48 Å². The number of aryl methyl sites for hydroxylation is 2. The molecule has 82 valence electrons. The van der Waals surface area contributed by atoms with Crippen LogP contribution in [0.3, 0.4) is 0 Å². The highest BCUT2D eigenvalue weighted by atomic mass is 16.4. The number of aliphatic carboxylic acids is 1. The highest BCUT2D eigenvalue weighted by Gasteiger charge is 2.25. The van der Waals surface area contributed by atoms with E-state index in [1.165, 1.54) is 25.0 Å². The predicted octanol–water partition coefficient (Wildman–Crippen LogP) is 1.70. The quantitative estimate of drug-likeness (QED) is 0.819. The molecule has 0 amide bonds. The van der Waals surface area contributed by atoms with Gasteiger partial charge in [-0.2, -0.15) is 5.10 Å². The molecule has 0 aliphatic heterocycles. The van der Waals surface area contributed by atoms with E-state index in [4.69, 9.17) is 5.11 Å². The van der Waals surface area contributed by atoms with Crippen molar-refractivity contribution in [3.63, 3.8) is 0 Å².